The van der Waals surface area contributed by atoms with Gasteiger partial charge in [-0.15, -0.1) is 11.8 Å². The first-order valence-corrected chi connectivity index (χ1v) is 15.1. The predicted molar refractivity (Wildman–Crippen MR) is 156 cm³/mol. The van der Waals surface area contributed by atoms with Crippen molar-refractivity contribution in [3.8, 4) is 11.5 Å². The molecule has 1 atom stereocenters. The quantitative estimate of drug-likeness (QED) is 0.320. The molecule has 0 radical (unpaired) electrons. The third kappa shape index (κ3) is 4.84. The van der Waals surface area contributed by atoms with E-state index in [1.807, 2.05) is 33.1 Å². The van der Waals surface area contributed by atoms with E-state index in [0.717, 1.165) is 54.9 Å². The lowest BCUT2D eigenvalue weighted by Crippen LogP contribution is -2.60. The molecule has 1 aliphatic carbocycles. The molecular formula is C30H40N4O5S. The molecule has 3 heterocycles. The van der Waals surface area contributed by atoms with Crippen molar-refractivity contribution in [2.75, 3.05) is 26.5 Å². The van der Waals surface area contributed by atoms with Crippen LogP contribution in [0.2, 0.25) is 0 Å². The lowest BCUT2D eigenvalue weighted by Gasteiger charge is -2.50. The zero-order valence-corrected chi connectivity index (χ0v) is 25.0. The first-order chi connectivity index (χ1) is 19.0. The van der Waals surface area contributed by atoms with E-state index in [0.29, 0.717) is 40.3 Å². The van der Waals surface area contributed by atoms with E-state index in [2.05, 4.69) is 22.1 Å². The van der Waals surface area contributed by atoms with Gasteiger partial charge in [-0.05, 0) is 70.4 Å². The van der Waals surface area contributed by atoms with E-state index >= 15 is 0 Å². The Balaban J connectivity index is 1.33. The lowest BCUT2D eigenvalue weighted by molar-refractivity contribution is -0.139. The van der Waals surface area contributed by atoms with Crippen molar-refractivity contribution in [2.45, 2.75) is 82.8 Å². The first-order valence-electron chi connectivity index (χ1n) is 13.9. The molecule has 1 saturated carbocycles. The number of hydrogen-bond acceptors (Lipinski definition) is 8. The van der Waals surface area contributed by atoms with Gasteiger partial charge in [-0.1, -0.05) is 6.92 Å². The number of H-pyrrole nitrogens is 1. The van der Waals surface area contributed by atoms with Gasteiger partial charge in [0, 0.05) is 60.1 Å². The number of fused-ring (bicyclic) bond motifs is 1. The van der Waals surface area contributed by atoms with E-state index in [1.54, 1.807) is 13.2 Å². The number of aromatic nitrogens is 1. The molecule has 0 bridgehead atoms. The van der Waals surface area contributed by atoms with Crippen molar-refractivity contribution in [3.63, 3.8) is 0 Å². The smallest absolute Gasteiger partial charge is 0.293 e. The maximum absolute atomic E-state index is 13.4. The number of amides is 1. The maximum atomic E-state index is 13.4. The summed E-state index contributed by atoms with van der Waals surface area (Å²) in [5, 5.41) is 11.3. The number of nitrogens with one attached hydrogen (secondary N) is 3. The molecule has 2 fully saturated rings. The maximum Gasteiger partial charge on any atom is 0.293 e. The molecule has 1 aromatic heterocycles. The topological polar surface area (TPSA) is 117 Å². The fourth-order valence-electron chi connectivity index (χ4n) is 6.32. The number of carbonyl (C=O) groups is 1. The number of benzene rings is 1. The SMILES string of the molecule is COC1CN(C2CCC(C)([C@@]3(C=N)Oc4c(C)cc(C(=O)NCc5c(SC)cc(C)[nH]c5=O)c(C)c4O3)CC2)C1. The Labute approximate surface area is 239 Å². The molecule has 10 heteroatoms. The molecule has 0 unspecified atom stereocenters. The van der Waals surface area contributed by atoms with E-state index in [1.165, 1.54) is 18.0 Å². The summed E-state index contributed by atoms with van der Waals surface area (Å²) in [4.78, 5) is 32.0. The Hall–Kier alpha value is -2.82. The zero-order chi connectivity index (χ0) is 28.8. The molecule has 1 amide bonds. The van der Waals surface area contributed by atoms with E-state index in [4.69, 9.17) is 19.6 Å². The van der Waals surface area contributed by atoms with Crippen LogP contribution < -0.4 is 20.3 Å². The monoisotopic (exact) mass is 568 g/mol. The van der Waals surface area contributed by atoms with Crippen LogP contribution in [0.1, 0.15) is 65.3 Å². The zero-order valence-electron chi connectivity index (χ0n) is 24.2. The van der Waals surface area contributed by atoms with Crippen LogP contribution in [0.5, 0.6) is 11.5 Å². The van der Waals surface area contributed by atoms with Crippen LogP contribution in [0.25, 0.3) is 0 Å². The van der Waals surface area contributed by atoms with Gasteiger partial charge in [-0.25, -0.2) is 0 Å². The summed E-state index contributed by atoms with van der Waals surface area (Å²) in [5.74, 6) is -0.411. The van der Waals surface area contributed by atoms with Crippen molar-refractivity contribution >= 4 is 23.9 Å². The number of likely N-dealkylation sites (tertiary alicyclic amines) is 1. The van der Waals surface area contributed by atoms with Crippen LogP contribution in [-0.4, -0.2) is 66.4 Å². The Kier molecular flexibility index (Phi) is 7.80. The lowest BCUT2D eigenvalue weighted by atomic mass is 9.68. The van der Waals surface area contributed by atoms with Crippen molar-refractivity contribution < 1.29 is 19.0 Å². The van der Waals surface area contributed by atoms with Crippen LogP contribution in [0.3, 0.4) is 0 Å². The normalized spacial score (nSPS) is 26.4. The average Bonchev–Trinajstić information content (AvgIpc) is 3.33. The number of ether oxygens (including phenoxy) is 3. The van der Waals surface area contributed by atoms with E-state index in [9.17, 15) is 9.59 Å². The summed E-state index contributed by atoms with van der Waals surface area (Å²) < 4.78 is 18.5. The third-order valence-electron chi connectivity index (χ3n) is 9.11. The Morgan fingerprint density at radius 1 is 1.23 bits per heavy atom. The first kappa shape index (κ1) is 28.7. The number of thioether (sulfide) groups is 1. The molecule has 5 rings (SSSR count). The molecule has 3 aliphatic rings. The molecule has 2 aliphatic heterocycles. The Morgan fingerprint density at radius 3 is 2.52 bits per heavy atom. The highest BCUT2D eigenvalue weighted by Gasteiger charge is 2.57. The molecule has 3 N–H and O–H groups in total. The summed E-state index contributed by atoms with van der Waals surface area (Å²) in [7, 11) is 1.77. The minimum atomic E-state index is -1.22. The van der Waals surface area contributed by atoms with E-state index in [-0.39, 0.29) is 18.0 Å². The van der Waals surface area contributed by atoms with Crippen LogP contribution in [-0.2, 0) is 11.3 Å². The standard InChI is InChI=1S/C30H40N4O5S/c1-17-11-22(27(35)32-13-23-24(40-6)12-18(2)33-28(23)36)19(3)26-25(17)38-30(16-31,39-26)29(4)9-7-20(8-10-29)34-14-21(15-34)37-5/h11-12,16,20-21,31H,7-10,13-15H2,1-6H3,(H,32,35)(H,33,36)/t20?,29?,30-/m0/s1. The molecule has 1 saturated heterocycles. The van der Waals surface area contributed by atoms with Crippen LogP contribution in [0, 0.1) is 31.6 Å². The largest absolute Gasteiger partial charge is 0.443 e. The number of rotatable bonds is 8. The van der Waals surface area contributed by atoms with Gasteiger partial charge in [0.1, 0.15) is 0 Å². The second kappa shape index (κ2) is 10.9. The number of aromatic amines is 1. The van der Waals surface area contributed by atoms with Gasteiger partial charge in [0.25, 0.3) is 17.3 Å². The van der Waals surface area contributed by atoms with Gasteiger partial charge in [-0.2, -0.15) is 0 Å². The summed E-state index contributed by atoms with van der Waals surface area (Å²) in [6.45, 7) is 9.80. The summed E-state index contributed by atoms with van der Waals surface area (Å²) in [6, 6.07) is 4.23. The van der Waals surface area contributed by atoms with Crippen LogP contribution in [0.4, 0.5) is 0 Å². The second-order valence-corrected chi connectivity index (χ2v) is 12.5. The molecule has 40 heavy (non-hydrogen) atoms. The molecule has 0 spiro atoms. The second-order valence-electron chi connectivity index (χ2n) is 11.7. The van der Waals surface area contributed by atoms with Gasteiger partial charge in [0.05, 0.1) is 17.7 Å². The van der Waals surface area contributed by atoms with Crippen LogP contribution in [0.15, 0.2) is 21.8 Å². The van der Waals surface area contributed by atoms with Crippen molar-refractivity contribution in [3.05, 3.63) is 50.4 Å². The van der Waals surface area contributed by atoms with Crippen molar-refractivity contribution in [1.82, 2.24) is 15.2 Å². The summed E-state index contributed by atoms with van der Waals surface area (Å²) in [5.41, 5.74) is 2.62. The highest BCUT2D eigenvalue weighted by molar-refractivity contribution is 7.98. The molecular weight excluding hydrogens is 528 g/mol. The summed E-state index contributed by atoms with van der Waals surface area (Å²) >= 11 is 1.48. The van der Waals surface area contributed by atoms with Crippen molar-refractivity contribution in [1.29, 1.82) is 5.41 Å². The molecule has 9 nitrogen and oxygen atoms in total. The number of carbonyl (C=O) groups excluding carboxylic acids is 1. The highest BCUT2D eigenvalue weighted by Crippen LogP contribution is 2.55. The van der Waals surface area contributed by atoms with Gasteiger partial charge in [0.15, 0.2) is 11.5 Å². The highest BCUT2D eigenvalue weighted by atomic mass is 32.2. The average molecular weight is 569 g/mol. The van der Waals surface area contributed by atoms with Crippen molar-refractivity contribution in [2.24, 2.45) is 5.41 Å². The minimum absolute atomic E-state index is 0.114. The molecule has 2 aromatic rings. The van der Waals surface area contributed by atoms with Gasteiger partial charge in [-0.3, -0.25) is 14.5 Å². The third-order valence-corrected chi connectivity index (χ3v) is 9.92. The predicted octanol–water partition coefficient (Wildman–Crippen LogP) is 4.35. The number of pyridine rings is 1. The molecule has 1 aromatic carbocycles. The minimum Gasteiger partial charge on any atom is -0.443 e. The number of nitrogens with zero attached hydrogens (tertiary/aromatic N) is 1. The Morgan fingerprint density at radius 2 is 1.90 bits per heavy atom. The van der Waals surface area contributed by atoms with Gasteiger partial charge in [0.2, 0.25) is 0 Å². The van der Waals surface area contributed by atoms with Gasteiger partial charge >= 0.3 is 0 Å². The van der Waals surface area contributed by atoms with Gasteiger partial charge < -0.3 is 29.9 Å². The fourth-order valence-corrected chi connectivity index (χ4v) is 7.03. The summed E-state index contributed by atoms with van der Waals surface area (Å²) in [6.07, 6.45) is 7.28. The number of hydrogen-bond donors (Lipinski definition) is 3. The number of methoxy groups -OCH3 is 1. The fraction of sp³-hybridized carbons (Fsp3) is 0.567. The molecule has 216 valence electrons. The number of aryl methyl sites for hydroxylation is 2. The van der Waals surface area contributed by atoms with E-state index < -0.39 is 11.2 Å². The Bertz CT molecular complexity index is 1380. The van der Waals surface area contributed by atoms with Crippen LogP contribution >= 0.6 is 11.8 Å².